The van der Waals surface area contributed by atoms with Gasteiger partial charge in [0.15, 0.2) is 0 Å². The second-order valence-electron chi connectivity index (χ2n) is 4.67. The van der Waals surface area contributed by atoms with Crippen molar-refractivity contribution in [3.63, 3.8) is 0 Å². The maximum absolute atomic E-state index is 11.9. The van der Waals surface area contributed by atoms with Crippen LogP contribution in [0.25, 0.3) is 0 Å². The molecule has 1 N–H and O–H groups in total. The summed E-state index contributed by atoms with van der Waals surface area (Å²) < 4.78 is 9.47. The fraction of sp³-hybridized carbons (Fsp3) is 0.667. The second-order valence-corrected chi connectivity index (χ2v) is 6.02. The Bertz CT molecular complexity index is 492. The molecule has 0 rings (SSSR count). The number of thioether (sulfide) groups is 1. The van der Waals surface area contributed by atoms with Gasteiger partial charge < -0.3 is 14.8 Å². The molecule has 1 amide bonds. The van der Waals surface area contributed by atoms with Gasteiger partial charge in [0.05, 0.1) is 13.2 Å². The summed E-state index contributed by atoms with van der Waals surface area (Å²) >= 11 is 0.571. The van der Waals surface area contributed by atoms with Gasteiger partial charge in [0.2, 0.25) is 11.7 Å². The third-order valence-corrected chi connectivity index (χ3v) is 3.86. The van der Waals surface area contributed by atoms with Crippen LogP contribution in [-0.2, 0) is 33.4 Å². The number of carbonyl (C=O) groups is 5. The first kappa shape index (κ1) is 22.1. The Morgan fingerprint density at radius 1 is 1.00 bits per heavy atom. The highest BCUT2D eigenvalue weighted by Gasteiger charge is 2.32. The van der Waals surface area contributed by atoms with E-state index in [1.807, 2.05) is 0 Å². The van der Waals surface area contributed by atoms with E-state index in [0.29, 0.717) is 11.8 Å². The molecule has 0 saturated carbocycles. The van der Waals surface area contributed by atoms with Gasteiger partial charge in [-0.1, -0.05) is 25.6 Å². The smallest absolute Gasteiger partial charge is 0.329 e. The van der Waals surface area contributed by atoms with Crippen molar-refractivity contribution in [2.45, 2.75) is 51.8 Å². The summed E-state index contributed by atoms with van der Waals surface area (Å²) in [6.07, 6.45) is -0.499. The molecule has 0 aliphatic heterocycles. The summed E-state index contributed by atoms with van der Waals surface area (Å²) in [6.45, 7) is 6.55. The van der Waals surface area contributed by atoms with E-state index in [2.05, 4.69) is 10.1 Å². The fourth-order valence-electron chi connectivity index (χ4n) is 1.59. The van der Waals surface area contributed by atoms with Gasteiger partial charge >= 0.3 is 11.9 Å². The molecule has 2 unspecified atom stereocenters. The van der Waals surface area contributed by atoms with Gasteiger partial charge in [-0.15, -0.1) is 0 Å². The van der Waals surface area contributed by atoms with Gasteiger partial charge in [0, 0.05) is 11.7 Å². The Morgan fingerprint density at radius 2 is 1.58 bits per heavy atom. The van der Waals surface area contributed by atoms with Crippen molar-refractivity contribution < 1.29 is 33.4 Å². The molecule has 0 aliphatic rings. The number of hydrogen-bond donors (Lipinski definition) is 1. The molecule has 0 bridgehead atoms. The van der Waals surface area contributed by atoms with Crippen LogP contribution in [0, 0.1) is 0 Å². The minimum atomic E-state index is -1.07. The number of hydrogen-bond acceptors (Lipinski definition) is 8. The average molecular weight is 361 g/mol. The topological polar surface area (TPSA) is 116 Å². The minimum Gasteiger partial charge on any atom is -0.466 e. The molecule has 8 nitrogen and oxygen atoms in total. The summed E-state index contributed by atoms with van der Waals surface area (Å²) in [4.78, 5) is 58.2. The van der Waals surface area contributed by atoms with E-state index in [0.717, 1.165) is 0 Å². The zero-order valence-corrected chi connectivity index (χ0v) is 15.1. The summed E-state index contributed by atoms with van der Waals surface area (Å²) in [5.41, 5.74) is 0. The Morgan fingerprint density at radius 3 is 2.08 bits per heavy atom. The van der Waals surface area contributed by atoms with Crippen LogP contribution in [0.2, 0.25) is 0 Å². The molecule has 24 heavy (non-hydrogen) atoms. The molecular formula is C15H23NO7S. The van der Waals surface area contributed by atoms with Crippen LogP contribution in [0.1, 0.15) is 40.5 Å². The van der Waals surface area contributed by atoms with E-state index in [-0.39, 0.29) is 25.5 Å². The van der Waals surface area contributed by atoms with E-state index < -0.39 is 40.5 Å². The van der Waals surface area contributed by atoms with Gasteiger partial charge in [-0.2, -0.15) is 0 Å². The molecule has 0 radical (unpaired) electrons. The molecule has 136 valence electrons. The molecule has 9 heteroatoms. The van der Waals surface area contributed by atoms with Crippen molar-refractivity contribution in [1.82, 2.24) is 5.32 Å². The lowest BCUT2D eigenvalue weighted by molar-refractivity contribution is -0.148. The highest BCUT2D eigenvalue weighted by molar-refractivity contribution is 8.16. The van der Waals surface area contributed by atoms with Crippen LogP contribution in [0.4, 0.5) is 0 Å². The molecule has 0 aliphatic carbocycles. The number of Topliss-reactive ketones (excluding diaryl/α,β-unsaturated/α-hetero) is 1. The fourth-order valence-corrected chi connectivity index (χ4v) is 2.45. The van der Waals surface area contributed by atoms with Crippen LogP contribution in [0.5, 0.6) is 0 Å². The van der Waals surface area contributed by atoms with E-state index in [1.165, 1.54) is 6.92 Å². The highest BCUT2D eigenvalue weighted by Crippen LogP contribution is 2.18. The maximum Gasteiger partial charge on any atom is 0.329 e. The monoisotopic (exact) mass is 361 g/mol. The molecule has 0 aromatic heterocycles. The van der Waals surface area contributed by atoms with Crippen LogP contribution in [0.15, 0.2) is 0 Å². The van der Waals surface area contributed by atoms with Crippen LogP contribution in [-0.4, -0.2) is 53.2 Å². The molecule has 0 aromatic carbocycles. The first-order chi connectivity index (χ1) is 11.3. The molecule has 0 heterocycles. The summed E-state index contributed by atoms with van der Waals surface area (Å²) in [7, 11) is 0. The number of amides is 1. The van der Waals surface area contributed by atoms with Crippen molar-refractivity contribution >= 4 is 40.5 Å². The highest BCUT2D eigenvalue weighted by atomic mass is 32.2. The van der Waals surface area contributed by atoms with Crippen LogP contribution >= 0.6 is 11.8 Å². The van der Waals surface area contributed by atoms with Gasteiger partial charge in [0.25, 0.3) is 5.12 Å². The van der Waals surface area contributed by atoms with Crippen LogP contribution in [0.3, 0.4) is 0 Å². The molecule has 0 fully saturated rings. The first-order valence-corrected chi connectivity index (χ1v) is 8.50. The molecule has 0 aromatic rings. The number of ketones is 1. The lowest BCUT2D eigenvalue weighted by atomic mass is 10.2. The zero-order chi connectivity index (χ0) is 18.7. The van der Waals surface area contributed by atoms with Crippen molar-refractivity contribution in [3.05, 3.63) is 0 Å². The van der Waals surface area contributed by atoms with E-state index >= 15 is 0 Å². The largest absolute Gasteiger partial charge is 0.466 e. The number of carbonyl (C=O) groups excluding carboxylic acids is 5. The number of nitrogens with one attached hydrogen (secondary N) is 1. The Balaban J connectivity index is 4.84. The minimum absolute atomic E-state index is 0.109. The quantitative estimate of drug-likeness (QED) is 0.342. The van der Waals surface area contributed by atoms with Crippen molar-refractivity contribution in [1.29, 1.82) is 0 Å². The third kappa shape index (κ3) is 8.09. The number of rotatable bonds is 10. The second kappa shape index (κ2) is 11.6. The maximum atomic E-state index is 11.9. The van der Waals surface area contributed by atoms with Gasteiger partial charge in [-0.3, -0.25) is 19.2 Å². The lowest BCUT2D eigenvalue weighted by Crippen LogP contribution is -2.47. The first-order valence-electron chi connectivity index (χ1n) is 7.62. The SMILES string of the molecule is CCOC(=O)CC(=O)C(=O)SC(C)C(NC(=O)CC)C(=O)OCC. The van der Waals surface area contributed by atoms with E-state index in [4.69, 9.17) is 4.74 Å². The Kier molecular flexibility index (Phi) is 10.7. The van der Waals surface area contributed by atoms with E-state index in [9.17, 15) is 24.0 Å². The molecular weight excluding hydrogens is 338 g/mol. The van der Waals surface area contributed by atoms with Gasteiger partial charge in [0.1, 0.15) is 12.5 Å². The summed E-state index contributed by atoms with van der Waals surface area (Å²) in [6, 6.07) is -1.07. The van der Waals surface area contributed by atoms with Crippen LogP contribution < -0.4 is 5.32 Å². The lowest BCUT2D eigenvalue weighted by Gasteiger charge is -2.22. The predicted octanol–water partition coefficient (Wildman–Crippen LogP) is 0.615. The Labute approximate surface area is 145 Å². The molecule has 0 spiro atoms. The van der Waals surface area contributed by atoms with Gasteiger partial charge in [-0.05, 0) is 13.8 Å². The Hall–Kier alpha value is -1.90. The standard InChI is InChI=1S/C15H23NO7S/c1-5-11(18)16-13(14(20)23-7-3)9(4)24-15(21)10(17)8-12(19)22-6-2/h9,13H,5-8H2,1-4H3,(H,16,18). The molecule has 0 saturated heterocycles. The predicted molar refractivity (Wildman–Crippen MR) is 87.2 cm³/mol. The van der Waals surface area contributed by atoms with Crippen molar-refractivity contribution in [2.75, 3.05) is 13.2 Å². The van der Waals surface area contributed by atoms with Crippen molar-refractivity contribution in [2.24, 2.45) is 0 Å². The average Bonchev–Trinajstić information content (AvgIpc) is 2.52. The number of esters is 2. The summed E-state index contributed by atoms with van der Waals surface area (Å²) in [5, 5.41) is 0.850. The summed E-state index contributed by atoms with van der Waals surface area (Å²) in [5.74, 6) is -2.78. The van der Waals surface area contributed by atoms with Gasteiger partial charge in [-0.25, -0.2) is 4.79 Å². The molecule has 2 atom stereocenters. The number of ether oxygens (including phenoxy) is 2. The normalized spacial score (nSPS) is 12.7. The zero-order valence-electron chi connectivity index (χ0n) is 14.2. The van der Waals surface area contributed by atoms with Crippen molar-refractivity contribution in [3.8, 4) is 0 Å². The van der Waals surface area contributed by atoms with E-state index in [1.54, 1.807) is 20.8 Å². The third-order valence-electron chi connectivity index (χ3n) is 2.78.